The number of rotatable bonds is 4. The molecule has 0 amide bonds. The molecule has 3 aromatic rings. The zero-order chi connectivity index (χ0) is 17.2. The molecule has 0 N–H and O–H groups in total. The molecular weight excluding hydrogens is 318 g/mol. The van der Waals surface area contributed by atoms with Crippen molar-refractivity contribution in [2.24, 2.45) is 7.05 Å². The fourth-order valence-corrected chi connectivity index (χ4v) is 3.34. The van der Waals surface area contributed by atoms with Gasteiger partial charge in [-0.1, -0.05) is 13.0 Å². The van der Waals surface area contributed by atoms with Gasteiger partial charge < -0.3 is 13.7 Å². The van der Waals surface area contributed by atoms with Gasteiger partial charge in [0.1, 0.15) is 17.6 Å². The third-order valence-corrected chi connectivity index (χ3v) is 4.67. The molecule has 1 saturated heterocycles. The second-order valence-corrected chi connectivity index (χ2v) is 6.25. The highest BCUT2D eigenvalue weighted by Gasteiger charge is 2.35. The smallest absolute Gasteiger partial charge is 0.266 e. The molecule has 0 radical (unpaired) electrons. The molecular formula is C18H21N5O2. The van der Waals surface area contributed by atoms with Crippen LogP contribution in [0.1, 0.15) is 49.1 Å². The lowest BCUT2D eigenvalue weighted by Gasteiger charge is -2.28. The van der Waals surface area contributed by atoms with Crippen molar-refractivity contribution >= 4 is 0 Å². The van der Waals surface area contributed by atoms with Gasteiger partial charge in [0, 0.05) is 32.2 Å². The topological polar surface area (TPSA) is 78.9 Å². The van der Waals surface area contributed by atoms with E-state index < -0.39 is 0 Å². The first kappa shape index (κ1) is 16.0. The van der Waals surface area contributed by atoms with Gasteiger partial charge >= 0.3 is 0 Å². The highest BCUT2D eigenvalue weighted by molar-refractivity contribution is 5.52. The van der Waals surface area contributed by atoms with E-state index in [1.54, 1.807) is 12.4 Å². The van der Waals surface area contributed by atoms with Crippen molar-refractivity contribution < 1.29 is 9.15 Å². The van der Waals surface area contributed by atoms with Crippen LogP contribution in [0.15, 0.2) is 35.1 Å². The lowest BCUT2D eigenvalue weighted by Crippen LogP contribution is -2.23. The molecule has 0 aliphatic carbocycles. The van der Waals surface area contributed by atoms with E-state index in [-0.39, 0.29) is 12.0 Å². The number of aryl methyl sites for hydroxylation is 2. The fourth-order valence-electron chi connectivity index (χ4n) is 3.34. The Morgan fingerprint density at radius 1 is 1.24 bits per heavy atom. The summed E-state index contributed by atoms with van der Waals surface area (Å²) in [5.41, 5.74) is 1.85. The van der Waals surface area contributed by atoms with Crippen molar-refractivity contribution in [1.29, 1.82) is 0 Å². The summed E-state index contributed by atoms with van der Waals surface area (Å²) in [6.07, 6.45) is 8.05. The van der Waals surface area contributed by atoms with E-state index in [2.05, 4.69) is 27.1 Å². The number of aromatic nitrogens is 5. The van der Waals surface area contributed by atoms with E-state index in [0.717, 1.165) is 43.0 Å². The largest absolute Gasteiger partial charge is 0.419 e. The summed E-state index contributed by atoms with van der Waals surface area (Å²) in [5, 5.41) is 8.55. The van der Waals surface area contributed by atoms with Crippen LogP contribution < -0.4 is 0 Å². The summed E-state index contributed by atoms with van der Waals surface area (Å²) < 4.78 is 14.0. The van der Waals surface area contributed by atoms with Gasteiger partial charge in [0.25, 0.3) is 5.89 Å². The molecule has 0 bridgehead atoms. The number of hydrogen-bond donors (Lipinski definition) is 0. The molecule has 7 nitrogen and oxygen atoms in total. The van der Waals surface area contributed by atoms with Crippen molar-refractivity contribution in [3.8, 4) is 11.6 Å². The van der Waals surface area contributed by atoms with Crippen LogP contribution in [-0.4, -0.2) is 31.3 Å². The van der Waals surface area contributed by atoms with Crippen molar-refractivity contribution in [1.82, 2.24) is 24.7 Å². The summed E-state index contributed by atoms with van der Waals surface area (Å²) in [6.45, 7) is 2.80. The molecule has 0 saturated carbocycles. The van der Waals surface area contributed by atoms with E-state index in [4.69, 9.17) is 9.15 Å². The summed E-state index contributed by atoms with van der Waals surface area (Å²) in [7, 11) is 1.97. The van der Waals surface area contributed by atoms with Crippen LogP contribution in [0, 0.1) is 0 Å². The van der Waals surface area contributed by atoms with Gasteiger partial charge in [0.2, 0.25) is 5.89 Å². The van der Waals surface area contributed by atoms with E-state index >= 15 is 0 Å². The quantitative estimate of drug-likeness (QED) is 0.727. The first-order valence-corrected chi connectivity index (χ1v) is 8.64. The minimum atomic E-state index is -0.170. The monoisotopic (exact) mass is 339 g/mol. The Kier molecular flexibility index (Phi) is 4.31. The SMILES string of the molecule is CCc1cccnc1-c1nnc([C@@H]2CCCO[C@H]2c2nccn2C)o1. The Morgan fingerprint density at radius 3 is 2.96 bits per heavy atom. The number of imidazole rings is 1. The summed E-state index contributed by atoms with van der Waals surface area (Å²) in [4.78, 5) is 8.86. The Morgan fingerprint density at radius 2 is 2.16 bits per heavy atom. The van der Waals surface area contributed by atoms with Gasteiger partial charge in [-0.2, -0.15) is 0 Å². The maximum absolute atomic E-state index is 6.02. The van der Waals surface area contributed by atoms with E-state index in [9.17, 15) is 0 Å². The Balaban J connectivity index is 1.67. The molecule has 3 aromatic heterocycles. The normalized spacial score (nSPS) is 20.7. The first-order valence-electron chi connectivity index (χ1n) is 8.64. The summed E-state index contributed by atoms with van der Waals surface area (Å²) in [6, 6.07) is 3.96. The number of ether oxygens (including phenoxy) is 1. The summed E-state index contributed by atoms with van der Waals surface area (Å²) >= 11 is 0. The fraction of sp³-hybridized carbons (Fsp3) is 0.444. The molecule has 0 unspecified atom stereocenters. The molecule has 1 fully saturated rings. The molecule has 130 valence electrons. The van der Waals surface area contributed by atoms with Gasteiger partial charge in [0.15, 0.2) is 0 Å². The second kappa shape index (κ2) is 6.76. The predicted molar refractivity (Wildman–Crippen MR) is 90.8 cm³/mol. The minimum absolute atomic E-state index is 0.00453. The predicted octanol–water partition coefficient (Wildman–Crippen LogP) is 3.06. The second-order valence-electron chi connectivity index (χ2n) is 6.25. The average Bonchev–Trinajstić information content (AvgIpc) is 3.31. The third kappa shape index (κ3) is 2.95. The number of nitrogens with zero attached hydrogens (tertiary/aromatic N) is 5. The molecule has 7 heteroatoms. The van der Waals surface area contributed by atoms with Crippen molar-refractivity contribution in [3.63, 3.8) is 0 Å². The van der Waals surface area contributed by atoms with Crippen LogP contribution in [0.25, 0.3) is 11.6 Å². The summed E-state index contributed by atoms with van der Waals surface area (Å²) in [5.74, 6) is 1.95. The highest BCUT2D eigenvalue weighted by Crippen LogP contribution is 2.40. The van der Waals surface area contributed by atoms with Gasteiger partial charge in [-0.3, -0.25) is 4.98 Å². The molecule has 4 rings (SSSR count). The lowest BCUT2D eigenvalue weighted by molar-refractivity contribution is -0.0156. The van der Waals surface area contributed by atoms with Gasteiger partial charge in [-0.15, -0.1) is 10.2 Å². The average molecular weight is 339 g/mol. The third-order valence-electron chi connectivity index (χ3n) is 4.67. The zero-order valence-electron chi connectivity index (χ0n) is 14.4. The van der Waals surface area contributed by atoms with Crippen molar-refractivity contribution in [2.75, 3.05) is 6.61 Å². The molecule has 0 aromatic carbocycles. The van der Waals surface area contributed by atoms with E-state index in [0.29, 0.717) is 11.8 Å². The Hall–Kier alpha value is -2.54. The first-order chi connectivity index (χ1) is 12.3. The van der Waals surface area contributed by atoms with Gasteiger partial charge in [-0.25, -0.2) is 4.98 Å². The standard InChI is InChI=1S/C18H21N5O2/c1-3-12-6-4-8-19-14(12)18-22-21-17(25-18)13-7-5-11-24-15(13)16-20-9-10-23(16)2/h4,6,8-10,13,15H,3,5,7,11H2,1-2H3/t13-,15-/m1/s1. The highest BCUT2D eigenvalue weighted by atomic mass is 16.5. The molecule has 0 spiro atoms. The Bertz CT molecular complexity index is 857. The van der Waals surface area contributed by atoms with Gasteiger partial charge in [-0.05, 0) is 30.9 Å². The maximum atomic E-state index is 6.02. The van der Waals surface area contributed by atoms with Crippen LogP contribution >= 0.6 is 0 Å². The van der Waals surface area contributed by atoms with Gasteiger partial charge in [0.05, 0.1) is 5.92 Å². The van der Waals surface area contributed by atoms with Crippen LogP contribution in [0.3, 0.4) is 0 Å². The number of pyridine rings is 1. The minimum Gasteiger partial charge on any atom is -0.419 e. The zero-order valence-corrected chi connectivity index (χ0v) is 14.4. The molecule has 25 heavy (non-hydrogen) atoms. The molecule has 1 aliphatic heterocycles. The van der Waals surface area contributed by atoms with Crippen molar-refractivity contribution in [3.05, 3.63) is 48.0 Å². The van der Waals surface area contributed by atoms with E-state index in [1.165, 1.54) is 0 Å². The van der Waals surface area contributed by atoms with Crippen molar-refractivity contribution in [2.45, 2.75) is 38.2 Å². The van der Waals surface area contributed by atoms with E-state index in [1.807, 2.05) is 29.9 Å². The molecule has 2 atom stereocenters. The number of hydrogen-bond acceptors (Lipinski definition) is 6. The van der Waals surface area contributed by atoms with Crippen LogP contribution in [-0.2, 0) is 18.2 Å². The van der Waals surface area contributed by atoms with Crippen LogP contribution in [0.5, 0.6) is 0 Å². The van der Waals surface area contributed by atoms with Crippen LogP contribution in [0.4, 0.5) is 0 Å². The van der Waals surface area contributed by atoms with Crippen LogP contribution in [0.2, 0.25) is 0 Å². The molecule has 4 heterocycles. The maximum Gasteiger partial charge on any atom is 0.266 e. The lowest BCUT2D eigenvalue weighted by atomic mass is 9.93. The Labute approximate surface area is 146 Å². The molecule has 1 aliphatic rings.